The van der Waals surface area contributed by atoms with Crippen molar-refractivity contribution < 1.29 is 14.6 Å². The van der Waals surface area contributed by atoms with E-state index in [1.54, 1.807) is 18.2 Å². The lowest BCUT2D eigenvalue weighted by Gasteiger charge is -2.17. The van der Waals surface area contributed by atoms with E-state index in [2.05, 4.69) is 5.32 Å². The van der Waals surface area contributed by atoms with Gasteiger partial charge in [-0.1, -0.05) is 11.6 Å². The van der Waals surface area contributed by atoms with Gasteiger partial charge in [-0.15, -0.1) is 0 Å². The zero-order valence-electron chi connectivity index (χ0n) is 10.8. The quantitative estimate of drug-likeness (QED) is 0.715. The monoisotopic (exact) mass is 273 g/mol. The topological polar surface area (TPSA) is 50.7 Å². The molecule has 0 saturated carbocycles. The molecule has 0 aliphatic carbocycles. The first-order chi connectivity index (χ1) is 8.67. The Balaban J connectivity index is 2.41. The van der Waals surface area contributed by atoms with Crippen molar-refractivity contribution in [3.63, 3.8) is 0 Å². The minimum atomic E-state index is -0.263. The van der Waals surface area contributed by atoms with Gasteiger partial charge in [0, 0.05) is 36.9 Å². The lowest BCUT2D eigenvalue weighted by molar-refractivity contribution is -0.133. The Morgan fingerprint density at radius 3 is 2.56 bits per heavy atom. The van der Waals surface area contributed by atoms with Crippen molar-refractivity contribution in [3.05, 3.63) is 28.8 Å². The number of hydrogen-bond acceptors (Lipinski definition) is 4. The first-order valence-electron chi connectivity index (χ1n) is 6.08. The molecule has 2 N–H and O–H groups in total. The molecule has 0 aliphatic heterocycles. The number of benzene rings is 1. The number of rotatable bonds is 8. The molecule has 0 aliphatic rings. The molecule has 0 radical (unpaired) electrons. The van der Waals surface area contributed by atoms with Crippen LogP contribution in [0.15, 0.2) is 18.2 Å². The number of nitrogens with one attached hydrogen (secondary N) is 1. The van der Waals surface area contributed by atoms with Gasteiger partial charge in [0.1, 0.15) is 5.75 Å². The summed E-state index contributed by atoms with van der Waals surface area (Å²) in [5, 5.41) is 13.4. The summed E-state index contributed by atoms with van der Waals surface area (Å²) in [5.74, 6) is 0.233. The number of ether oxygens (including phenoxy) is 2. The molecule has 102 valence electrons. The van der Waals surface area contributed by atoms with Gasteiger partial charge in [0.25, 0.3) is 0 Å². The van der Waals surface area contributed by atoms with E-state index < -0.39 is 0 Å². The fourth-order valence-corrected chi connectivity index (χ4v) is 1.75. The summed E-state index contributed by atoms with van der Waals surface area (Å²) in [7, 11) is 0. The molecule has 0 aromatic heterocycles. The largest absolute Gasteiger partial charge is 0.508 e. The third kappa shape index (κ3) is 5.23. The molecule has 0 spiro atoms. The Labute approximate surface area is 113 Å². The lowest BCUT2D eigenvalue weighted by atomic mass is 10.2. The Morgan fingerprint density at radius 2 is 1.94 bits per heavy atom. The molecule has 0 amide bonds. The van der Waals surface area contributed by atoms with Gasteiger partial charge < -0.3 is 19.9 Å². The number of phenols is 1. The van der Waals surface area contributed by atoms with Crippen molar-refractivity contribution in [3.8, 4) is 5.75 Å². The van der Waals surface area contributed by atoms with Crippen LogP contribution < -0.4 is 5.32 Å². The van der Waals surface area contributed by atoms with Crippen LogP contribution in [0.3, 0.4) is 0 Å². The highest BCUT2D eigenvalue weighted by Gasteiger charge is 2.08. The Morgan fingerprint density at radius 1 is 1.28 bits per heavy atom. The van der Waals surface area contributed by atoms with Crippen molar-refractivity contribution >= 4 is 11.6 Å². The molecule has 0 unspecified atom stereocenters. The van der Waals surface area contributed by atoms with E-state index in [4.69, 9.17) is 21.1 Å². The van der Waals surface area contributed by atoms with Crippen molar-refractivity contribution in [2.45, 2.75) is 26.7 Å². The third-order valence-corrected chi connectivity index (χ3v) is 2.61. The van der Waals surface area contributed by atoms with Gasteiger partial charge in [0.05, 0.1) is 0 Å². The molecule has 18 heavy (non-hydrogen) atoms. The number of phenolic OH excluding ortho intramolecular Hbond substituents is 1. The van der Waals surface area contributed by atoms with E-state index in [-0.39, 0.29) is 12.0 Å². The first kappa shape index (κ1) is 15.2. The second-order valence-corrected chi connectivity index (χ2v) is 4.18. The van der Waals surface area contributed by atoms with E-state index in [0.29, 0.717) is 31.3 Å². The Hall–Kier alpha value is -0.810. The van der Waals surface area contributed by atoms with E-state index in [1.165, 1.54) is 0 Å². The van der Waals surface area contributed by atoms with Gasteiger partial charge >= 0.3 is 0 Å². The summed E-state index contributed by atoms with van der Waals surface area (Å²) >= 11 is 5.87. The second kappa shape index (κ2) is 8.32. The third-order valence-electron chi connectivity index (χ3n) is 2.37. The van der Waals surface area contributed by atoms with Gasteiger partial charge in [-0.25, -0.2) is 0 Å². The second-order valence-electron chi connectivity index (χ2n) is 3.74. The Kier molecular flexibility index (Phi) is 7.05. The zero-order chi connectivity index (χ0) is 13.4. The van der Waals surface area contributed by atoms with Gasteiger partial charge in [-0.3, -0.25) is 0 Å². The van der Waals surface area contributed by atoms with Crippen LogP contribution in [-0.4, -0.2) is 31.2 Å². The van der Waals surface area contributed by atoms with E-state index >= 15 is 0 Å². The SMILES string of the molecule is CCOC(CNCc1cc(Cl)ccc1O)OCC. The fourth-order valence-electron chi connectivity index (χ4n) is 1.56. The van der Waals surface area contributed by atoms with Gasteiger partial charge in [0.2, 0.25) is 0 Å². The van der Waals surface area contributed by atoms with E-state index in [0.717, 1.165) is 5.56 Å². The van der Waals surface area contributed by atoms with Crippen molar-refractivity contribution in [2.75, 3.05) is 19.8 Å². The Bertz CT molecular complexity index is 354. The van der Waals surface area contributed by atoms with Gasteiger partial charge in [0.15, 0.2) is 6.29 Å². The summed E-state index contributed by atoms with van der Waals surface area (Å²) in [6.07, 6.45) is -0.263. The molecule has 4 nitrogen and oxygen atoms in total. The molecule has 0 fully saturated rings. The molecular weight excluding hydrogens is 254 g/mol. The number of halogens is 1. The summed E-state index contributed by atoms with van der Waals surface area (Å²) in [4.78, 5) is 0. The smallest absolute Gasteiger partial charge is 0.169 e. The van der Waals surface area contributed by atoms with Gasteiger partial charge in [-0.2, -0.15) is 0 Å². The molecule has 1 aromatic carbocycles. The van der Waals surface area contributed by atoms with Crippen molar-refractivity contribution in [1.82, 2.24) is 5.32 Å². The highest BCUT2D eigenvalue weighted by Crippen LogP contribution is 2.21. The lowest BCUT2D eigenvalue weighted by Crippen LogP contribution is -2.31. The minimum absolute atomic E-state index is 0.233. The fraction of sp³-hybridized carbons (Fsp3) is 0.538. The van der Waals surface area contributed by atoms with E-state index in [9.17, 15) is 5.11 Å². The molecule has 1 rings (SSSR count). The number of aromatic hydroxyl groups is 1. The predicted octanol–water partition coefficient (Wildman–Crippen LogP) is 2.53. The predicted molar refractivity (Wildman–Crippen MR) is 71.9 cm³/mol. The summed E-state index contributed by atoms with van der Waals surface area (Å²) in [6, 6.07) is 4.98. The summed E-state index contributed by atoms with van der Waals surface area (Å²) in [6.45, 7) is 6.14. The molecule has 0 bridgehead atoms. The van der Waals surface area contributed by atoms with Crippen LogP contribution in [0, 0.1) is 0 Å². The van der Waals surface area contributed by atoms with Crippen LogP contribution in [0.1, 0.15) is 19.4 Å². The number of hydrogen-bond donors (Lipinski definition) is 2. The van der Waals surface area contributed by atoms with Gasteiger partial charge in [-0.05, 0) is 32.0 Å². The maximum atomic E-state index is 9.65. The van der Waals surface area contributed by atoms with Crippen LogP contribution >= 0.6 is 11.6 Å². The summed E-state index contributed by atoms with van der Waals surface area (Å²) in [5.41, 5.74) is 0.759. The van der Waals surface area contributed by atoms with Crippen LogP contribution in [-0.2, 0) is 16.0 Å². The van der Waals surface area contributed by atoms with Crippen LogP contribution in [0.25, 0.3) is 0 Å². The van der Waals surface area contributed by atoms with Crippen LogP contribution in [0.2, 0.25) is 5.02 Å². The summed E-state index contributed by atoms with van der Waals surface area (Å²) < 4.78 is 10.8. The molecule has 0 atom stereocenters. The van der Waals surface area contributed by atoms with Crippen molar-refractivity contribution in [1.29, 1.82) is 0 Å². The highest BCUT2D eigenvalue weighted by atomic mass is 35.5. The molecule has 5 heteroatoms. The van der Waals surface area contributed by atoms with Crippen LogP contribution in [0.4, 0.5) is 0 Å². The van der Waals surface area contributed by atoms with E-state index in [1.807, 2.05) is 13.8 Å². The maximum Gasteiger partial charge on any atom is 0.169 e. The average molecular weight is 274 g/mol. The maximum absolute atomic E-state index is 9.65. The first-order valence-corrected chi connectivity index (χ1v) is 6.46. The van der Waals surface area contributed by atoms with Crippen LogP contribution in [0.5, 0.6) is 5.75 Å². The molecule has 1 aromatic rings. The molecular formula is C13H20ClNO3. The van der Waals surface area contributed by atoms with Crippen molar-refractivity contribution in [2.24, 2.45) is 0 Å². The standard InChI is InChI=1S/C13H20ClNO3/c1-3-17-13(18-4-2)9-15-8-10-7-11(14)5-6-12(10)16/h5-7,13,15-16H,3-4,8-9H2,1-2H3. The highest BCUT2D eigenvalue weighted by molar-refractivity contribution is 6.30. The average Bonchev–Trinajstić information content (AvgIpc) is 2.34. The molecule has 0 saturated heterocycles. The minimum Gasteiger partial charge on any atom is -0.508 e. The molecule has 0 heterocycles. The zero-order valence-corrected chi connectivity index (χ0v) is 11.5. The normalized spacial score (nSPS) is 11.1.